The summed E-state index contributed by atoms with van der Waals surface area (Å²) in [6.07, 6.45) is 11.1. The normalized spacial score (nSPS) is 41.6. The van der Waals surface area contributed by atoms with E-state index < -0.39 is 79.4 Å². The molecule has 0 radical (unpaired) electrons. The van der Waals surface area contributed by atoms with Crippen LogP contribution in [-0.2, 0) is 30.0 Å². The first kappa shape index (κ1) is 38.6. The SMILES string of the molecule is CC1(C)C=Cc2c(ccc3c2N(O)C2C(C)(C)C4CC56CCCN5C(=O)C4(NC6=O)C4N5C(=O)C67CCCN6C(=O)C56C(C7)C(C)(C)c5c(c7ccc8c(c7n5O)C=CC(C)(C)O8)C6C324)O1. The zero-order chi connectivity index (χ0) is 45.8. The highest BCUT2D eigenvalue weighted by atomic mass is 16.5. The number of carbonyl (C=O) groups is 4. The van der Waals surface area contributed by atoms with Crippen LogP contribution in [0, 0.1) is 17.3 Å². The zero-order valence-electron chi connectivity index (χ0n) is 38.7. The minimum Gasteiger partial charge on any atom is -0.483 e. The lowest BCUT2D eigenvalue weighted by Gasteiger charge is -2.72. The maximum atomic E-state index is 16.8. The first-order valence-electron chi connectivity index (χ1n) is 24.2. The highest BCUT2D eigenvalue weighted by Gasteiger charge is 2.95. The summed E-state index contributed by atoms with van der Waals surface area (Å²) in [7, 11) is 0. The van der Waals surface area contributed by atoms with Gasteiger partial charge in [-0.1, -0.05) is 33.8 Å². The van der Waals surface area contributed by atoms with Gasteiger partial charge in [-0.15, -0.1) is 0 Å². The van der Waals surface area contributed by atoms with Gasteiger partial charge < -0.3 is 34.7 Å². The summed E-state index contributed by atoms with van der Waals surface area (Å²) in [5.41, 5.74) is -5.58. The summed E-state index contributed by atoms with van der Waals surface area (Å²) in [5, 5.41) is 32.5. The van der Waals surface area contributed by atoms with E-state index in [1.165, 1.54) is 9.79 Å². The quantitative estimate of drug-likeness (QED) is 0.239. The number of anilines is 1. The van der Waals surface area contributed by atoms with Gasteiger partial charge in [0.2, 0.25) is 17.7 Å². The standard InChI is InChI=1S/C52H56N6O8/c1-44(2)19-15-25-29(65-44)13-11-27-33-36-50-28-12-14-30-26(16-20-45(3,4)66-30)35(28)58(64)38(50)47(7,8)31-23-48-17-9-21-54(48)42(61)51(31,53-40(48)59)39(50)56-41(60)49-18-10-22-55(49)43(62)52(36,56)32(24-49)46(5,6)37(33)57(63)34(25)27/h11-16,19-20,31-32,36,38-39,63-64H,9-10,17-18,21-24H2,1-8H3,(H,53,59). The molecule has 10 unspecified atom stereocenters. The van der Waals surface area contributed by atoms with Crippen LogP contribution in [0.25, 0.3) is 23.1 Å². The van der Waals surface area contributed by atoms with Crippen molar-refractivity contribution in [2.24, 2.45) is 17.3 Å². The molecule has 342 valence electrons. The van der Waals surface area contributed by atoms with E-state index in [0.717, 1.165) is 5.56 Å². The molecule has 2 aromatic carbocycles. The molecule has 1 aromatic heterocycles. The molecular weight excluding hydrogens is 837 g/mol. The molecule has 14 nitrogen and oxygen atoms in total. The van der Waals surface area contributed by atoms with Gasteiger partial charge in [0, 0.05) is 52.8 Å². The number of hydroxylamine groups is 1. The molecule has 4 bridgehead atoms. The smallest absolute Gasteiger partial charge is 0.251 e. The van der Waals surface area contributed by atoms with Crippen molar-refractivity contribution in [1.29, 1.82) is 0 Å². The van der Waals surface area contributed by atoms with E-state index in [-0.39, 0.29) is 23.6 Å². The lowest BCUT2D eigenvalue weighted by Crippen LogP contribution is -2.93. The van der Waals surface area contributed by atoms with Crippen molar-refractivity contribution >= 4 is 52.4 Å². The Morgan fingerprint density at radius 2 is 1.33 bits per heavy atom. The Labute approximate surface area is 382 Å². The minimum absolute atomic E-state index is 0.142. The van der Waals surface area contributed by atoms with E-state index in [0.29, 0.717) is 102 Å². The molecule has 14 heteroatoms. The number of piperidine rings is 4. The van der Waals surface area contributed by atoms with Gasteiger partial charge in [0.25, 0.3) is 5.91 Å². The molecule has 1 saturated carbocycles. The molecule has 10 atom stereocenters. The number of hydrogen-bond donors (Lipinski definition) is 3. The number of aromatic nitrogens is 1. The van der Waals surface area contributed by atoms with E-state index in [1.54, 1.807) is 0 Å². The van der Waals surface area contributed by atoms with Crippen molar-refractivity contribution in [2.45, 2.75) is 156 Å². The number of nitrogens with zero attached hydrogens (tertiary/aromatic N) is 5. The Morgan fingerprint density at radius 1 is 0.712 bits per heavy atom. The van der Waals surface area contributed by atoms with Gasteiger partial charge in [0.15, 0.2) is 0 Å². The van der Waals surface area contributed by atoms with Gasteiger partial charge in [-0.3, -0.25) is 29.4 Å². The van der Waals surface area contributed by atoms with Crippen LogP contribution in [0.2, 0.25) is 0 Å². The van der Waals surface area contributed by atoms with Crippen LogP contribution in [0.3, 0.4) is 0 Å². The van der Waals surface area contributed by atoms with E-state index in [2.05, 4.69) is 33.0 Å². The van der Waals surface area contributed by atoms with Gasteiger partial charge >= 0.3 is 0 Å². The fourth-order valence-electron chi connectivity index (χ4n) is 18.4. The average molecular weight is 893 g/mol. The van der Waals surface area contributed by atoms with E-state index in [1.807, 2.05) is 91.0 Å². The maximum absolute atomic E-state index is 16.8. The van der Waals surface area contributed by atoms with Crippen molar-refractivity contribution in [3.05, 3.63) is 64.4 Å². The van der Waals surface area contributed by atoms with Crippen LogP contribution >= 0.6 is 0 Å². The fraction of sp³-hybridized carbons (Fsp3) is 0.577. The Hall–Kier alpha value is -5.50. The number of benzene rings is 2. The number of carbonyl (C=O) groups excluding carboxylic acids is 4. The second kappa shape index (κ2) is 10.5. The Kier molecular flexibility index (Phi) is 6.12. The number of piperazine rings is 2. The predicted molar refractivity (Wildman–Crippen MR) is 240 cm³/mol. The van der Waals surface area contributed by atoms with E-state index >= 15 is 19.2 Å². The number of amides is 4. The van der Waals surface area contributed by atoms with Gasteiger partial charge in [0.05, 0.1) is 34.4 Å². The van der Waals surface area contributed by atoms with Crippen molar-refractivity contribution in [3.8, 4) is 11.5 Å². The predicted octanol–water partition coefficient (Wildman–Crippen LogP) is 5.77. The lowest BCUT2D eigenvalue weighted by atomic mass is 9.38. The Balaban J connectivity index is 1.16. The van der Waals surface area contributed by atoms with Gasteiger partial charge in [-0.05, 0) is 125 Å². The van der Waals surface area contributed by atoms with Gasteiger partial charge in [-0.25, -0.2) is 0 Å². The molecular formula is C52H56N6O8. The maximum Gasteiger partial charge on any atom is 0.251 e. The van der Waals surface area contributed by atoms with Crippen molar-refractivity contribution in [2.75, 3.05) is 18.2 Å². The van der Waals surface area contributed by atoms with Crippen LogP contribution in [-0.4, -0.2) is 112 Å². The molecule has 3 N–H and O–H groups in total. The summed E-state index contributed by atoms with van der Waals surface area (Å²) in [6.45, 7) is 17.3. The largest absolute Gasteiger partial charge is 0.483 e. The average Bonchev–Trinajstić information content (AvgIpc) is 4.05. The van der Waals surface area contributed by atoms with Crippen LogP contribution in [0.5, 0.6) is 11.5 Å². The van der Waals surface area contributed by atoms with Gasteiger partial charge in [-0.2, -0.15) is 4.73 Å². The molecule has 10 fully saturated rings. The van der Waals surface area contributed by atoms with Crippen molar-refractivity contribution in [1.82, 2.24) is 24.7 Å². The molecule has 5 spiro atoms. The summed E-state index contributed by atoms with van der Waals surface area (Å²) < 4.78 is 14.5. The summed E-state index contributed by atoms with van der Waals surface area (Å²) in [6, 6.07) is 5.93. The Morgan fingerprint density at radius 3 is 2.05 bits per heavy atom. The topological polar surface area (TPSA) is 157 Å². The second-order valence-electron chi connectivity index (χ2n) is 24.5. The minimum atomic E-state index is -1.68. The summed E-state index contributed by atoms with van der Waals surface area (Å²) in [5.74, 6) is -1.54. The first-order chi connectivity index (χ1) is 31.1. The highest BCUT2D eigenvalue weighted by molar-refractivity contribution is 6.12. The third-order valence-electron chi connectivity index (χ3n) is 20.3. The first-order valence-corrected chi connectivity index (χ1v) is 24.2. The molecule has 2 aliphatic carbocycles. The molecule has 3 aromatic rings. The third kappa shape index (κ3) is 3.43. The third-order valence-corrected chi connectivity index (χ3v) is 20.3. The van der Waals surface area contributed by atoms with Crippen LogP contribution in [0.15, 0.2) is 36.4 Å². The molecule has 12 aliphatic heterocycles. The Bertz CT molecular complexity index is 3060. The number of ether oxygens (including phenoxy) is 2. The van der Waals surface area contributed by atoms with E-state index in [9.17, 15) is 10.4 Å². The molecule has 14 aliphatic rings. The van der Waals surface area contributed by atoms with Gasteiger partial charge in [0.1, 0.15) is 44.9 Å². The molecule has 4 amide bonds. The molecule has 66 heavy (non-hydrogen) atoms. The lowest BCUT2D eigenvalue weighted by molar-refractivity contribution is -0.218. The number of hydrogen-bond acceptors (Lipinski definition) is 9. The number of fused-ring (bicyclic) bond motifs is 10. The number of nitrogens with one attached hydrogen (secondary N) is 1. The molecule has 13 heterocycles. The molecule has 17 rings (SSSR count). The van der Waals surface area contributed by atoms with Crippen LogP contribution in [0.1, 0.15) is 128 Å². The van der Waals surface area contributed by atoms with Crippen molar-refractivity contribution < 1.29 is 39.1 Å². The monoisotopic (exact) mass is 892 g/mol. The fourth-order valence-corrected chi connectivity index (χ4v) is 18.4. The van der Waals surface area contributed by atoms with Crippen LogP contribution in [0.4, 0.5) is 5.69 Å². The highest BCUT2D eigenvalue weighted by Crippen LogP contribution is 2.82. The van der Waals surface area contributed by atoms with E-state index in [4.69, 9.17) is 9.47 Å². The molecule has 9 saturated heterocycles. The summed E-state index contributed by atoms with van der Waals surface area (Å²) >= 11 is 0. The second-order valence-corrected chi connectivity index (χ2v) is 24.5. The number of rotatable bonds is 0. The van der Waals surface area contributed by atoms with Crippen molar-refractivity contribution in [3.63, 3.8) is 0 Å². The summed E-state index contributed by atoms with van der Waals surface area (Å²) in [4.78, 5) is 70.6. The zero-order valence-corrected chi connectivity index (χ0v) is 38.7. The van der Waals surface area contributed by atoms with Crippen LogP contribution < -0.4 is 19.9 Å².